The van der Waals surface area contributed by atoms with Crippen LogP contribution < -0.4 is 5.73 Å². The minimum atomic E-state index is -4.74. The Morgan fingerprint density at radius 2 is 1.75 bits per heavy atom. The van der Waals surface area contributed by atoms with Gasteiger partial charge in [-0.05, 0) is 18.2 Å². The number of amides is 1. The van der Waals surface area contributed by atoms with E-state index in [2.05, 4.69) is 4.98 Å². The average Bonchev–Trinajstić information content (AvgIpc) is 2.73. The van der Waals surface area contributed by atoms with Gasteiger partial charge in [-0.3, -0.25) is 4.79 Å². The van der Waals surface area contributed by atoms with Crippen LogP contribution in [0, 0.1) is 0 Å². The number of rotatable bonds is 2. The number of halogens is 5. The van der Waals surface area contributed by atoms with Gasteiger partial charge in [0.25, 0.3) is 5.91 Å². The summed E-state index contributed by atoms with van der Waals surface area (Å²) in [5, 5.41) is 0.312. The Bertz CT molecular complexity index is 660. The van der Waals surface area contributed by atoms with E-state index in [1.807, 2.05) is 0 Å². The maximum atomic E-state index is 12.8. The first-order chi connectivity index (χ1) is 9.21. The van der Waals surface area contributed by atoms with Crippen LogP contribution in [-0.2, 0) is 6.18 Å². The molecule has 1 heterocycles. The van der Waals surface area contributed by atoms with Gasteiger partial charge in [0.05, 0.1) is 15.6 Å². The average molecular weight is 323 g/mol. The minimum Gasteiger partial charge on any atom is -0.366 e. The van der Waals surface area contributed by atoms with Crippen molar-refractivity contribution < 1.29 is 18.0 Å². The third kappa shape index (κ3) is 2.62. The third-order valence-corrected chi connectivity index (χ3v) is 3.23. The standard InChI is InChI=1S/C12H7Cl2F3N2O/c13-6-2-1-3-7(14)9(6)8-4-5(11(18)20)10(19-8)12(15,16)17/h1-4,19H,(H2,18,20). The Labute approximate surface area is 121 Å². The topological polar surface area (TPSA) is 58.9 Å². The van der Waals surface area contributed by atoms with Gasteiger partial charge in [-0.25, -0.2) is 0 Å². The molecule has 2 aromatic rings. The van der Waals surface area contributed by atoms with Crippen LogP contribution in [0.3, 0.4) is 0 Å². The molecule has 0 aliphatic heterocycles. The smallest absolute Gasteiger partial charge is 0.366 e. The summed E-state index contributed by atoms with van der Waals surface area (Å²) in [7, 11) is 0. The van der Waals surface area contributed by atoms with Crippen LogP contribution in [0.1, 0.15) is 16.1 Å². The van der Waals surface area contributed by atoms with Gasteiger partial charge >= 0.3 is 6.18 Å². The molecule has 3 nitrogen and oxygen atoms in total. The van der Waals surface area contributed by atoms with Gasteiger partial charge in [0.2, 0.25) is 0 Å². The second-order valence-corrected chi connectivity index (χ2v) is 4.74. The first kappa shape index (κ1) is 14.7. The maximum absolute atomic E-state index is 12.8. The summed E-state index contributed by atoms with van der Waals surface area (Å²) < 4.78 is 38.5. The van der Waals surface area contributed by atoms with Crippen molar-refractivity contribution in [3.05, 3.63) is 45.6 Å². The molecule has 1 aromatic heterocycles. The lowest BCUT2D eigenvalue weighted by atomic mass is 10.1. The molecule has 0 radical (unpaired) electrons. The number of nitrogens with two attached hydrogens (primary N) is 1. The van der Waals surface area contributed by atoms with Gasteiger partial charge in [-0.15, -0.1) is 0 Å². The van der Waals surface area contributed by atoms with Gasteiger partial charge < -0.3 is 10.7 Å². The second kappa shape index (κ2) is 5.03. The summed E-state index contributed by atoms with van der Waals surface area (Å²) in [4.78, 5) is 13.2. The minimum absolute atomic E-state index is 0.0262. The number of hydrogen-bond donors (Lipinski definition) is 2. The number of carbonyl (C=O) groups is 1. The van der Waals surface area contributed by atoms with Crippen molar-refractivity contribution in [2.75, 3.05) is 0 Å². The molecular formula is C12H7Cl2F3N2O. The number of H-pyrrole nitrogens is 1. The molecule has 20 heavy (non-hydrogen) atoms. The highest BCUT2D eigenvalue weighted by atomic mass is 35.5. The Balaban J connectivity index is 2.69. The summed E-state index contributed by atoms with van der Waals surface area (Å²) in [6, 6.07) is 5.48. The number of alkyl halides is 3. The van der Waals surface area contributed by atoms with Crippen LogP contribution in [0.15, 0.2) is 24.3 Å². The fourth-order valence-corrected chi connectivity index (χ4v) is 2.36. The van der Waals surface area contributed by atoms with E-state index < -0.39 is 23.3 Å². The molecule has 0 aliphatic carbocycles. The van der Waals surface area contributed by atoms with Crippen molar-refractivity contribution in [2.24, 2.45) is 5.73 Å². The maximum Gasteiger partial charge on any atom is 0.432 e. The predicted octanol–water partition coefficient (Wildman–Crippen LogP) is 4.11. The highest BCUT2D eigenvalue weighted by molar-refractivity contribution is 6.39. The SMILES string of the molecule is NC(=O)c1cc(-c2c(Cl)cccc2Cl)[nH]c1C(F)(F)F. The zero-order chi connectivity index (χ0) is 15.1. The fourth-order valence-electron chi connectivity index (χ4n) is 1.76. The molecule has 1 aromatic carbocycles. The number of benzene rings is 1. The van der Waals surface area contributed by atoms with Crippen molar-refractivity contribution in [1.82, 2.24) is 4.98 Å². The van der Waals surface area contributed by atoms with Crippen LogP contribution in [0.2, 0.25) is 10.0 Å². The lowest BCUT2D eigenvalue weighted by Crippen LogP contribution is -2.17. The van der Waals surface area contributed by atoms with Crippen LogP contribution in [-0.4, -0.2) is 10.9 Å². The second-order valence-electron chi connectivity index (χ2n) is 3.93. The number of aromatic amines is 1. The molecule has 0 aliphatic rings. The normalized spacial score (nSPS) is 11.7. The van der Waals surface area contributed by atoms with Gasteiger partial charge in [0, 0.05) is 11.3 Å². The van der Waals surface area contributed by atoms with Crippen molar-refractivity contribution in [3.8, 4) is 11.3 Å². The molecule has 3 N–H and O–H groups in total. The molecule has 0 saturated heterocycles. The van der Waals surface area contributed by atoms with E-state index in [-0.39, 0.29) is 21.3 Å². The number of nitrogens with one attached hydrogen (secondary N) is 1. The van der Waals surface area contributed by atoms with Crippen molar-refractivity contribution in [3.63, 3.8) is 0 Å². The molecule has 0 bridgehead atoms. The monoisotopic (exact) mass is 322 g/mol. The van der Waals surface area contributed by atoms with Gasteiger partial charge in [0.1, 0.15) is 5.69 Å². The first-order valence-corrected chi connectivity index (χ1v) is 6.02. The Morgan fingerprint density at radius 1 is 1.20 bits per heavy atom. The van der Waals surface area contributed by atoms with Gasteiger partial charge in [-0.1, -0.05) is 29.3 Å². The van der Waals surface area contributed by atoms with E-state index in [0.717, 1.165) is 6.07 Å². The van der Waals surface area contributed by atoms with Crippen LogP contribution in [0.5, 0.6) is 0 Å². The quantitative estimate of drug-likeness (QED) is 0.859. The summed E-state index contributed by atoms with van der Waals surface area (Å²) >= 11 is 11.8. The van der Waals surface area contributed by atoms with Crippen molar-refractivity contribution in [2.45, 2.75) is 6.18 Å². The molecule has 0 saturated carbocycles. The number of primary amides is 1. The highest BCUT2D eigenvalue weighted by Gasteiger charge is 2.37. The predicted molar refractivity (Wildman–Crippen MR) is 69.8 cm³/mol. The molecule has 1 amide bonds. The van der Waals surface area contributed by atoms with E-state index in [9.17, 15) is 18.0 Å². The Hall–Kier alpha value is -1.66. The number of carbonyl (C=O) groups excluding carboxylic acids is 1. The zero-order valence-electron chi connectivity index (χ0n) is 9.68. The summed E-state index contributed by atoms with van der Waals surface area (Å²) in [6.45, 7) is 0. The molecule has 0 unspecified atom stereocenters. The summed E-state index contributed by atoms with van der Waals surface area (Å²) in [5.74, 6) is -1.19. The summed E-state index contributed by atoms with van der Waals surface area (Å²) in [6.07, 6.45) is -4.74. The largest absolute Gasteiger partial charge is 0.432 e. The highest BCUT2D eigenvalue weighted by Crippen LogP contribution is 2.38. The third-order valence-electron chi connectivity index (χ3n) is 2.60. The number of hydrogen-bond acceptors (Lipinski definition) is 1. The van der Waals surface area contributed by atoms with Crippen molar-refractivity contribution in [1.29, 1.82) is 0 Å². The van der Waals surface area contributed by atoms with E-state index in [4.69, 9.17) is 28.9 Å². The van der Waals surface area contributed by atoms with E-state index in [1.54, 1.807) is 6.07 Å². The van der Waals surface area contributed by atoms with Crippen molar-refractivity contribution >= 4 is 29.1 Å². The Morgan fingerprint density at radius 3 is 2.15 bits per heavy atom. The van der Waals surface area contributed by atoms with Crippen LogP contribution in [0.4, 0.5) is 13.2 Å². The molecule has 0 atom stereocenters. The Kier molecular flexibility index (Phi) is 3.71. The van der Waals surface area contributed by atoms with Gasteiger partial charge in [-0.2, -0.15) is 13.2 Å². The first-order valence-electron chi connectivity index (χ1n) is 5.26. The molecule has 8 heteroatoms. The molecule has 0 fully saturated rings. The fraction of sp³-hybridized carbons (Fsp3) is 0.0833. The van der Waals surface area contributed by atoms with E-state index >= 15 is 0 Å². The van der Waals surface area contributed by atoms with Crippen LogP contribution in [0.25, 0.3) is 11.3 Å². The molecule has 0 spiro atoms. The lowest BCUT2D eigenvalue weighted by Gasteiger charge is -2.06. The summed E-state index contributed by atoms with van der Waals surface area (Å²) in [5.41, 5.74) is 3.21. The number of aromatic nitrogens is 1. The molecule has 106 valence electrons. The lowest BCUT2D eigenvalue weighted by molar-refractivity contribution is -0.141. The zero-order valence-corrected chi connectivity index (χ0v) is 11.2. The van der Waals surface area contributed by atoms with Gasteiger partial charge in [0.15, 0.2) is 0 Å². The van der Waals surface area contributed by atoms with E-state index in [0.29, 0.717) is 0 Å². The molecule has 2 rings (SSSR count). The van der Waals surface area contributed by atoms with E-state index in [1.165, 1.54) is 12.1 Å². The molecular weight excluding hydrogens is 316 g/mol. The van der Waals surface area contributed by atoms with Crippen LogP contribution >= 0.6 is 23.2 Å².